The van der Waals surface area contributed by atoms with Crippen molar-refractivity contribution in [3.05, 3.63) is 0 Å². The van der Waals surface area contributed by atoms with Crippen molar-refractivity contribution in [3.8, 4) is 0 Å². The zero-order valence-corrected chi connectivity index (χ0v) is 15.8. The van der Waals surface area contributed by atoms with E-state index in [9.17, 15) is 5.11 Å². The predicted molar refractivity (Wildman–Crippen MR) is 96.3 cm³/mol. The second-order valence-corrected chi connectivity index (χ2v) is 7.14. The van der Waals surface area contributed by atoms with Crippen LogP contribution in [0.1, 0.15) is 104 Å². The highest BCUT2D eigenvalue weighted by Gasteiger charge is 2.37. The highest BCUT2D eigenvalue weighted by molar-refractivity contribution is 4.78. The van der Waals surface area contributed by atoms with E-state index < -0.39 is 6.29 Å². The van der Waals surface area contributed by atoms with Crippen LogP contribution in [0, 0.1) is 5.92 Å². The largest absolute Gasteiger partial charge is 0.368 e. The Hall–Kier alpha value is -0.120. The molecule has 1 heterocycles. The van der Waals surface area contributed by atoms with E-state index in [-0.39, 0.29) is 18.3 Å². The minimum atomic E-state index is -0.637. The number of ether oxygens (including phenoxy) is 2. The van der Waals surface area contributed by atoms with Crippen molar-refractivity contribution in [2.45, 2.75) is 123 Å². The van der Waals surface area contributed by atoms with Gasteiger partial charge in [0.05, 0.1) is 6.10 Å². The van der Waals surface area contributed by atoms with E-state index in [1.54, 1.807) is 0 Å². The maximum atomic E-state index is 10.4. The van der Waals surface area contributed by atoms with Crippen molar-refractivity contribution in [2.24, 2.45) is 5.92 Å². The van der Waals surface area contributed by atoms with Gasteiger partial charge in [0.25, 0.3) is 0 Å². The lowest BCUT2D eigenvalue weighted by molar-refractivity contribution is -0.324. The topological polar surface area (TPSA) is 38.7 Å². The van der Waals surface area contributed by atoms with Gasteiger partial charge < -0.3 is 14.6 Å². The summed E-state index contributed by atoms with van der Waals surface area (Å²) in [6.07, 6.45) is 14.6. The van der Waals surface area contributed by atoms with Gasteiger partial charge in [0.2, 0.25) is 0 Å². The van der Waals surface area contributed by atoms with Crippen LogP contribution < -0.4 is 0 Å². The maximum Gasteiger partial charge on any atom is 0.162 e. The molecule has 0 aliphatic carbocycles. The summed E-state index contributed by atoms with van der Waals surface area (Å²) >= 11 is 0. The first-order chi connectivity index (χ1) is 11.2. The second-order valence-electron chi connectivity index (χ2n) is 7.14. The number of unbranched alkanes of at least 4 members (excludes halogenated alkanes) is 7. The van der Waals surface area contributed by atoms with Crippen molar-refractivity contribution >= 4 is 0 Å². The molecule has 0 aromatic heterocycles. The summed E-state index contributed by atoms with van der Waals surface area (Å²) in [7, 11) is 0. The Morgan fingerprint density at radius 3 is 1.96 bits per heavy atom. The van der Waals surface area contributed by atoms with Crippen LogP contribution in [-0.2, 0) is 9.47 Å². The van der Waals surface area contributed by atoms with Gasteiger partial charge in [-0.05, 0) is 25.7 Å². The first-order valence-corrected chi connectivity index (χ1v) is 10.2. The summed E-state index contributed by atoms with van der Waals surface area (Å²) in [5, 5.41) is 10.4. The fraction of sp³-hybridized carbons (Fsp3) is 1.00. The summed E-state index contributed by atoms with van der Waals surface area (Å²) in [5.41, 5.74) is 0. The van der Waals surface area contributed by atoms with Gasteiger partial charge in [0.1, 0.15) is 0 Å². The molecule has 1 aliphatic heterocycles. The van der Waals surface area contributed by atoms with E-state index in [1.165, 1.54) is 44.9 Å². The molecule has 3 nitrogen and oxygen atoms in total. The van der Waals surface area contributed by atoms with Crippen LogP contribution >= 0.6 is 0 Å². The van der Waals surface area contributed by atoms with E-state index in [4.69, 9.17) is 9.47 Å². The second kappa shape index (κ2) is 13.2. The molecular weight excluding hydrogens is 288 g/mol. The normalized spacial score (nSPS) is 28.2. The molecule has 1 N–H and O–H groups in total. The van der Waals surface area contributed by atoms with E-state index in [2.05, 4.69) is 20.8 Å². The number of aliphatic hydroxyl groups excluding tert-OH is 1. The summed E-state index contributed by atoms with van der Waals surface area (Å²) in [4.78, 5) is 0. The Balaban J connectivity index is 2.42. The molecule has 0 aromatic carbocycles. The molecule has 0 amide bonds. The number of aliphatic hydroxyl groups is 1. The molecule has 0 bridgehead atoms. The maximum absolute atomic E-state index is 10.4. The van der Waals surface area contributed by atoms with Gasteiger partial charge in [0.15, 0.2) is 12.6 Å². The Labute approximate surface area is 144 Å². The van der Waals surface area contributed by atoms with Crippen molar-refractivity contribution in [1.82, 2.24) is 0 Å². The molecule has 1 fully saturated rings. The summed E-state index contributed by atoms with van der Waals surface area (Å²) in [6.45, 7) is 6.66. The van der Waals surface area contributed by atoms with E-state index in [0.29, 0.717) is 0 Å². The Morgan fingerprint density at radius 1 is 0.652 bits per heavy atom. The van der Waals surface area contributed by atoms with Crippen molar-refractivity contribution in [1.29, 1.82) is 0 Å². The number of hydrogen-bond donors (Lipinski definition) is 1. The molecule has 4 atom stereocenters. The zero-order chi connectivity index (χ0) is 16.9. The SMILES string of the molecule is CCCCCCCC1OC(O)C(CCCC)C(CCCCC)O1. The van der Waals surface area contributed by atoms with Crippen molar-refractivity contribution in [2.75, 3.05) is 0 Å². The van der Waals surface area contributed by atoms with E-state index in [0.717, 1.165) is 38.5 Å². The average Bonchev–Trinajstić information content (AvgIpc) is 2.54. The fourth-order valence-electron chi connectivity index (χ4n) is 3.46. The third-order valence-electron chi connectivity index (χ3n) is 4.99. The molecule has 23 heavy (non-hydrogen) atoms. The third kappa shape index (κ3) is 8.51. The monoisotopic (exact) mass is 328 g/mol. The third-order valence-corrected chi connectivity index (χ3v) is 4.99. The van der Waals surface area contributed by atoms with E-state index in [1.807, 2.05) is 0 Å². The summed E-state index contributed by atoms with van der Waals surface area (Å²) < 4.78 is 12.0. The Bertz CT molecular complexity index is 270. The molecule has 1 rings (SSSR count). The lowest BCUT2D eigenvalue weighted by Crippen LogP contribution is -2.46. The molecular formula is C20H40O3. The Morgan fingerprint density at radius 2 is 1.26 bits per heavy atom. The lowest BCUT2D eigenvalue weighted by Gasteiger charge is -2.40. The fourth-order valence-corrected chi connectivity index (χ4v) is 3.46. The zero-order valence-electron chi connectivity index (χ0n) is 15.8. The molecule has 1 aliphatic rings. The molecule has 1 saturated heterocycles. The smallest absolute Gasteiger partial charge is 0.162 e. The van der Waals surface area contributed by atoms with Gasteiger partial charge in [-0.1, -0.05) is 78.6 Å². The van der Waals surface area contributed by atoms with Crippen LogP contribution in [0.2, 0.25) is 0 Å². The molecule has 0 spiro atoms. The van der Waals surface area contributed by atoms with Crippen LogP contribution in [0.5, 0.6) is 0 Å². The number of rotatable bonds is 13. The highest BCUT2D eigenvalue weighted by Crippen LogP contribution is 2.32. The first-order valence-electron chi connectivity index (χ1n) is 10.2. The van der Waals surface area contributed by atoms with Crippen molar-refractivity contribution < 1.29 is 14.6 Å². The molecule has 4 unspecified atom stereocenters. The molecule has 0 aromatic rings. The first kappa shape index (κ1) is 20.9. The minimum absolute atomic E-state index is 0.156. The Kier molecular flexibility index (Phi) is 12.0. The van der Waals surface area contributed by atoms with Crippen LogP contribution in [0.15, 0.2) is 0 Å². The van der Waals surface area contributed by atoms with Crippen LogP contribution in [0.3, 0.4) is 0 Å². The molecule has 0 saturated carbocycles. The molecule has 138 valence electrons. The quantitative estimate of drug-likeness (QED) is 0.435. The van der Waals surface area contributed by atoms with Crippen LogP contribution in [0.25, 0.3) is 0 Å². The summed E-state index contributed by atoms with van der Waals surface area (Å²) in [6, 6.07) is 0. The van der Waals surface area contributed by atoms with Gasteiger partial charge >= 0.3 is 0 Å². The highest BCUT2D eigenvalue weighted by atomic mass is 16.7. The van der Waals surface area contributed by atoms with Gasteiger partial charge in [0, 0.05) is 5.92 Å². The van der Waals surface area contributed by atoms with Gasteiger partial charge in [-0.3, -0.25) is 0 Å². The van der Waals surface area contributed by atoms with E-state index >= 15 is 0 Å². The standard InChI is InChI=1S/C20H40O3/c1-4-7-10-11-13-16-19-22-18(15-12-8-5-2)17(14-9-6-3)20(21)23-19/h17-21H,4-16H2,1-3H3. The number of hydrogen-bond acceptors (Lipinski definition) is 3. The van der Waals surface area contributed by atoms with Crippen molar-refractivity contribution in [3.63, 3.8) is 0 Å². The molecule has 3 heteroatoms. The van der Waals surface area contributed by atoms with Crippen LogP contribution in [0.4, 0.5) is 0 Å². The van der Waals surface area contributed by atoms with Crippen LogP contribution in [-0.4, -0.2) is 23.8 Å². The van der Waals surface area contributed by atoms with Gasteiger partial charge in [-0.15, -0.1) is 0 Å². The average molecular weight is 329 g/mol. The summed E-state index contributed by atoms with van der Waals surface area (Å²) in [5.74, 6) is 0.156. The predicted octanol–water partition coefficient (Wildman–Crippen LogP) is 5.79. The molecule has 0 radical (unpaired) electrons. The van der Waals surface area contributed by atoms with Gasteiger partial charge in [-0.2, -0.15) is 0 Å². The van der Waals surface area contributed by atoms with Gasteiger partial charge in [-0.25, -0.2) is 0 Å². The lowest BCUT2D eigenvalue weighted by atomic mass is 9.90. The minimum Gasteiger partial charge on any atom is -0.368 e.